The summed E-state index contributed by atoms with van der Waals surface area (Å²) < 4.78 is 10.3. The van der Waals surface area contributed by atoms with Gasteiger partial charge in [0.05, 0.1) is 23.3 Å². The Hall–Kier alpha value is -3.46. The molecule has 0 aliphatic heterocycles. The van der Waals surface area contributed by atoms with E-state index in [1.165, 1.54) is 36.5 Å². The minimum Gasteiger partial charge on any atom is -0.484 e. The summed E-state index contributed by atoms with van der Waals surface area (Å²) in [5.41, 5.74) is 2.77. The number of nitro benzene ring substituents is 1. The molecule has 0 saturated heterocycles. The van der Waals surface area contributed by atoms with E-state index < -0.39 is 16.8 Å². The molecule has 0 bridgehead atoms. The largest absolute Gasteiger partial charge is 0.484 e. The number of hydrazone groups is 1. The van der Waals surface area contributed by atoms with Crippen LogP contribution in [0.3, 0.4) is 0 Å². The smallest absolute Gasteiger partial charge is 0.338 e. The van der Waals surface area contributed by atoms with Crippen molar-refractivity contribution in [1.29, 1.82) is 0 Å². The Balaban J connectivity index is 1.82. The second-order valence-corrected chi connectivity index (χ2v) is 6.12. The molecule has 0 atom stereocenters. The third-order valence-corrected chi connectivity index (χ3v) is 3.79. The zero-order valence-corrected chi connectivity index (χ0v) is 16.2. The fraction of sp³-hybridized carbons (Fsp3) is 0.211. The van der Waals surface area contributed by atoms with Gasteiger partial charge in [0.15, 0.2) is 6.61 Å². The van der Waals surface area contributed by atoms with E-state index >= 15 is 0 Å². The van der Waals surface area contributed by atoms with Crippen LogP contribution in [-0.4, -0.2) is 36.2 Å². The standard InChI is InChI=1S/C19H18ClN3O6/c1-2-9-28-19(25)14-4-6-15(7-5-14)29-12-18(24)22-21-11-13-3-8-16(20)17(10-13)23(26)27/h3-8,10-11H,2,9,12H2,1H3,(H,22,24)/b21-11+. The van der Waals surface area contributed by atoms with Crippen LogP contribution in [0.4, 0.5) is 5.69 Å². The van der Waals surface area contributed by atoms with Crippen LogP contribution in [0.15, 0.2) is 47.6 Å². The summed E-state index contributed by atoms with van der Waals surface area (Å²) in [6.45, 7) is 1.94. The number of nitrogens with one attached hydrogen (secondary N) is 1. The Kier molecular flexibility index (Phi) is 8.11. The van der Waals surface area contributed by atoms with Crippen LogP contribution in [0.5, 0.6) is 5.75 Å². The first-order chi connectivity index (χ1) is 13.9. The van der Waals surface area contributed by atoms with Gasteiger partial charge in [-0.05, 0) is 36.8 Å². The first-order valence-electron chi connectivity index (χ1n) is 8.56. The molecule has 1 amide bonds. The van der Waals surface area contributed by atoms with Crippen LogP contribution in [-0.2, 0) is 9.53 Å². The maximum atomic E-state index is 11.8. The molecule has 1 N–H and O–H groups in total. The summed E-state index contributed by atoms with van der Waals surface area (Å²) >= 11 is 5.73. The van der Waals surface area contributed by atoms with Gasteiger partial charge in [0.2, 0.25) is 0 Å². The SMILES string of the molecule is CCCOC(=O)c1ccc(OCC(=O)N/N=C/c2ccc(Cl)c([N+](=O)[O-])c2)cc1. The van der Waals surface area contributed by atoms with Crippen molar-refractivity contribution in [1.82, 2.24) is 5.43 Å². The Labute approximate surface area is 171 Å². The normalized spacial score (nSPS) is 10.6. The predicted octanol–water partition coefficient (Wildman–Crippen LogP) is 3.34. The van der Waals surface area contributed by atoms with E-state index in [1.807, 2.05) is 6.92 Å². The molecule has 0 saturated carbocycles. The number of carbonyl (C=O) groups excluding carboxylic acids is 2. The highest BCUT2D eigenvalue weighted by atomic mass is 35.5. The van der Waals surface area contributed by atoms with Gasteiger partial charge in [0, 0.05) is 11.6 Å². The van der Waals surface area contributed by atoms with Crippen molar-refractivity contribution in [2.24, 2.45) is 5.10 Å². The minimum atomic E-state index is -0.610. The molecule has 2 aromatic rings. The van der Waals surface area contributed by atoms with E-state index in [2.05, 4.69) is 10.5 Å². The number of amides is 1. The number of hydrogen-bond donors (Lipinski definition) is 1. The number of benzene rings is 2. The third-order valence-electron chi connectivity index (χ3n) is 3.47. The van der Waals surface area contributed by atoms with Crippen molar-refractivity contribution >= 4 is 35.4 Å². The summed E-state index contributed by atoms with van der Waals surface area (Å²) in [4.78, 5) is 33.7. The maximum Gasteiger partial charge on any atom is 0.338 e. The van der Waals surface area contributed by atoms with E-state index in [0.717, 1.165) is 6.42 Å². The zero-order chi connectivity index (χ0) is 21.2. The fourth-order valence-corrected chi connectivity index (χ4v) is 2.26. The molecule has 9 nitrogen and oxygen atoms in total. The molecule has 29 heavy (non-hydrogen) atoms. The molecule has 0 spiro atoms. The lowest BCUT2D eigenvalue weighted by Gasteiger charge is -2.06. The highest BCUT2D eigenvalue weighted by Crippen LogP contribution is 2.24. The molecule has 0 fully saturated rings. The number of rotatable bonds is 9. The minimum absolute atomic E-state index is 0.00855. The molecular weight excluding hydrogens is 402 g/mol. The Morgan fingerprint density at radius 2 is 1.97 bits per heavy atom. The van der Waals surface area contributed by atoms with Crippen LogP contribution in [0.25, 0.3) is 0 Å². The van der Waals surface area contributed by atoms with Crippen molar-refractivity contribution in [3.8, 4) is 5.75 Å². The number of nitro groups is 1. The number of hydrogen-bond acceptors (Lipinski definition) is 7. The summed E-state index contributed by atoms with van der Waals surface area (Å²) in [6.07, 6.45) is 1.98. The van der Waals surface area contributed by atoms with Gasteiger partial charge in [-0.2, -0.15) is 5.10 Å². The summed E-state index contributed by atoms with van der Waals surface area (Å²) in [5, 5.41) is 14.6. The van der Waals surface area contributed by atoms with Crippen LogP contribution >= 0.6 is 11.6 Å². The van der Waals surface area contributed by atoms with E-state index in [-0.39, 0.29) is 17.3 Å². The Morgan fingerprint density at radius 3 is 2.62 bits per heavy atom. The van der Waals surface area contributed by atoms with Crippen molar-refractivity contribution in [3.63, 3.8) is 0 Å². The molecule has 0 radical (unpaired) electrons. The maximum absolute atomic E-state index is 11.8. The first-order valence-corrected chi connectivity index (χ1v) is 8.94. The van der Waals surface area contributed by atoms with Crippen LogP contribution < -0.4 is 10.2 Å². The van der Waals surface area contributed by atoms with Crippen molar-refractivity contribution in [3.05, 3.63) is 68.7 Å². The molecule has 0 aliphatic rings. The van der Waals surface area contributed by atoms with E-state index in [9.17, 15) is 19.7 Å². The molecule has 2 rings (SSSR count). The topological polar surface area (TPSA) is 120 Å². The van der Waals surface area contributed by atoms with Gasteiger partial charge in [-0.3, -0.25) is 14.9 Å². The van der Waals surface area contributed by atoms with Gasteiger partial charge in [0.25, 0.3) is 11.6 Å². The zero-order valence-electron chi connectivity index (χ0n) is 15.5. The van der Waals surface area contributed by atoms with Crippen molar-refractivity contribution < 1.29 is 24.0 Å². The molecule has 0 unspecified atom stereocenters. The summed E-state index contributed by atoms with van der Waals surface area (Å²) in [6, 6.07) is 10.3. The number of esters is 1. The van der Waals surface area contributed by atoms with Gasteiger partial charge < -0.3 is 9.47 Å². The average Bonchev–Trinajstić information content (AvgIpc) is 2.71. The lowest BCUT2D eigenvalue weighted by atomic mass is 10.2. The molecule has 2 aromatic carbocycles. The molecule has 0 aliphatic carbocycles. The number of nitrogens with zero attached hydrogens (tertiary/aromatic N) is 2. The number of carbonyl (C=O) groups is 2. The van der Waals surface area contributed by atoms with Gasteiger partial charge in [-0.1, -0.05) is 24.6 Å². The van der Waals surface area contributed by atoms with Gasteiger partial charge in [-0.15, -0.1) is 0 Å². The lowest BCUT2D eigenvalue weighted by molar-refractivity contribution is -0.384. The molecule has 0 aromatic heterocycles. The third kappa shape index (κ3) is 6.89. The molecular formula is C19H18ClN3O6. The number of halogens is 1. The first kappa shape index (κ1) is 21.8. The molecule has 0 heterocycles. The predicted molar refractivity (Wildman–Crippen MR) is 106 cm³/mol. The van der Waals surface area contributed by atoms with Gasteiger partial charge >= 0.3 is 5.97 Å². The second-order valence-electron chi connectivity index (χ2n) is 5.71. The van der Waals surface area contributed by atoms with Crippen LogP contribution in [0.2, 0.25) is 5.02 Å². The molecule has 152 valence electrons. The Morgan fingerprint density at radius 1 is 1.24 bits per heavy atom. The average molecular weight is 420 g/mol. The van der Waals surface area contributed by atoms with E-state index in [4.69, 9.17) is 21.1 Å². The fourth-order valence-electron chi connectivity index (χ4n) is 2.08. The quantitative estimate of drug-likeness (QED) is 0.288. The van der Waals surface area contributed by atoms with E-state index in [0.29, 0.717) is 23.5 Å². The highest BCUT2D eigenvalue weighted by Gasteiger charge is 2.12. The second kappa shape index (κ2) is 10.8. The van der Waals surface area contributed by atoms with Crippen LogP contribution in [0.1, 0.15) is 29.3 Å². The number of ether oxygens (including phenoxy) is 2. The van der Waals surface area contributed by atoms with Gasteiger partial charge in [-0.25, -0.2) is 10.2 Å². The monoisotopic (exact) mass is 419 g/mol. The van der Waals surface area contributed by atoms with Crippen molar-refractivity contribution in [2.45, 2.75) is 13.3 Å². The summed E-state index contributed by atoms with van der Waals surface area (Å²) in [5.74, 6) is -0.562. The van der Waals surface area contributed by atoms with Crippen LogP contribution in [0, 0.1) is 10.1 Å². The highest BCUT2D eigenvalue weighted by molar-refractivity contribution is 6.32. The Bertz CT molecular complexity index is 915. The summed E-state index contributed by atoms with van der Waals surface area (Å²) in [7, 11) is 0. The lowest BCUT2D eigenvalue weighted by Crippen LogP contribution is -2.24. The molecule has 10 heteroatoms. The van der Waals surface area contributed by atoms with Gasteiger partial charge in [0.1, 0.15) is 10.8 Å². The van der Waals surface area contributed by atoms with E-state index in [1.54, 1.807) is 12.1 Å². The van der Waals surface area contributed by atoms with Crippen molar-refractivity contribution in [2.75, 3.05) is 13.2 Å².